The molecule has 1 aliphatic rings. The number of aryl methyl sites for hydroxylation is 1. The second-order valence-corrected chi connectivity index (χ2v) is 6.07. The second kappa shape index (κ2) is 6.27. The third-order valence-electron chi connectivity index (χ3n) is 3.25. The molecule has 0 fully saturated rings. The van der Waals surface area contributed by atoms with Gasteiger partial charge in [-0.3, -0.25) is 4.79 Å². The maximum atomic E-state index is 13.0. The number of ether oxygens (including phenoxy) is 2. The summed E-state index contributed by atoms with van der Waals surface area (Å²) in [7, 11) is 0. The van der Waals surface area contributed by atoms with Crippen LogP contribution in [0.5, 0.6) is 11.5 Å². The number of carbonyl (C=O) groups excluding carboxylic acids is 1. The Bertz CT molecular complexity index is 799. The molecule has 1 amide bonds. The maximum Gasteiger partial charge on any atom is 0.586 e. The van der Waals surface area contributed by atoms with Gasteiger partial charge in [-0.2, -0.15) is 0 Å². The number of hydrogen-bond acceptors (Lipinski definition) is 4. The summed E-state index contributed by atoms with van der Waals surface area (Å²) in [6.45, 7) is 1.91. The van der Waals surface area contributed by atoms with Crippen LogP contribution in [0.4, 0.5) is 20.2 Å². The highest BCUT2D eigenvalue weighted by atomic mass is 79.9. The quantitative estimate of drug-likeness (QED) is 0.812. The molecular formula is C16H13BrF2N2O3. The summed E-state index contributed by atoms with van der Waals surface area (Å²) >= 11 is 3.38. The first-order valence-corrected chi connectivity index (χ1v) is 7.81. The molecular weight excluding hydrogens is 386 g/mol. The van der Waals surface area contributed by atoms with Gasteiger partial charge in [0.2, 0.25) is 5.91 Å². The molecule has 0 atom stereocenters. The molecule has 0 spiro atoms. The fourth-order valence-corrected chi connectivity index (χ4v) is 2.75. The van der Waals surface area contributed by atoms with Crippen molar-refractivity contribution in [1.29, 1.82) is 0 Å². The minimum absolute atomic E-state index is 0.0314. The Hall–Kier alpha value is -2.35. The molecule has 0 radical (unpaired) electrons. The second-order valence-electron chi connectivity index (χ2n) is 5.21. The van der Waals surface area contributed by atoms with Crippen molar-refractivity contribution in [3.8, 4) is 11.5 Å². The topological polar surface area (TPSA) is 59.6 Å². The molecule has 2 aromatic carbocycles. The number of halogens is 3. The van der Waals surface area contributed by atoms with Crippen molar-refractivity contribution < 1.29 is 23.0 Å². The number of benzene rings is 2. The van der Waals surface area contributed by atoms with Gasteiger partial charge in [0.15, 0.2) is 11.5 Å². The summed E-state index contributed by atoms with van der Waals surface area (Å²) in [4.78, 5) is 12.0. The predicted molar refractivity (Wildman–Crippen MR) is 88.6 cm³/mol. The van der Waals surface area contributed by atoms with Crippen molar-refractivity contribution in [2.45, 2.75) is 13.2 Å². The number of hydrogen-bond donors (Lipinski definition) is 2. The highest BCUT2D eigenvalue weighted by molar-refractivity contribution is 9.10. The van der Waals surface area contributed by atoms with Crippen LogP contribution >= 0.6 is 15.9 Å². The summed E-state index contributed by atoms with van der Waals surface area (Å²) in [5.74, 6) is -0.396. The van der Waals surface area contributed by atoms with E-state index in [1.807, 2.05) is 19.1 Å². The largest absolute Gasteiger partial charge is 0.586 e. The van der Waals surface area contributed by atoms with Crippen molar-refractivity contribution in [2.75, 3.05) is 17.2 Å². The molecule has 1 heterocycles. The molecule has 2 aromatic rings. The molecule has 24 heavy (non-hydrogen) atoms. The van der Waals surface area contributed by atoms with Gasteiger partial charge in [-0.1, -0.05) is 6.07 Å². The molecule has 126 valence electrons. The third kappa shape index (κ3) is 3.76. The van der Waals surface area contributed by atoms with Crippen molar-refractivity contribution in [1.82, 2.24) is 0 Å². The summed E-state index contributed by atoms with van der Waals surface area (Å²) in [6, 6.07) is 9.80. The van der Waals surface area contributed by atoms with E-state index < -0.39 is 6.29 Å². The van der Waals surface area contributed by atoms with E-state index >= 15 is 0 Å². The first-order valence-electron chi connectivity index (χ1n) is 7.02. The maximum absolute atomic E-state index is 13.0. The predicted octanol–water partition coefficient (Wildman–Crippen LogP) is 4.13. The fourth-order valence-electron chi connectivity index (χ4n) is 2.16. The van der Waals surface area contributed by atoms with Crippen molar-refractivity contribution in [3.63, 3.8) is 0 Å². The van der Waals surface area contributed by atoms with Crippen LogP contribution in [0, 0.1) is 6.92 Å². The summed E-state index contributed by atoms with van der Waals surface area (Å²) in [5, 5.41) is 5.59. The Balaban J connectivity index is 1.59. The van der Waals surface area contributed by atoms with Gasteiger partial charge in [-0.25, -0.2) is 0 Å². The highest BCUT2D eigenvalue weighted by Gasteiger charge is 2.43. The standard InChI is InChI=1S/C16H13BrF2N2O3/c1-9-2-4-12(11(17)6-9)21-15(22)8-20-10-3-5-13-14(7-10)24-16(18,19)23-13/h2-7,20H,8H2,1H3,(H,21,22). The van der Waals surface area contributed by atoms with E-state index in [1.165, 1.54) is 18.2 Å². The Morgan fingerprint density at radius 2 is 1.92 bits per heavy atom. The van der Waals surface area contributed by atoms with Crippen LogP contribution in [-0.4, -0.2) is 18.7 Å². The van der Waals surface area contributed by atoms with E-state index in [0.717, 1.165) is 10.0 Å². The lowest BCUT2D eigenvalue weighted by atomic mass is 10.2. The van der Waals surface area contributed by atoms with Crippen LogP contribution in [0.1, 0.15) is 5.56 Å². The molecule has 0 unspecified atom stereocenters. The Morgan fingerprint density at radius 3 is 2.67 bits per heavy atom. The average Bonchev–Trinajstić information content (AvgIpc) is 2.81. The van der Waals surface area contributed by atoms with Gasteiger partial charge in [0.05, 0.1) is 12.2 Å². The van der Waals surface area contributed by atoms with Crippen LogP contribution < -0.4 is 20.1 Å². The number of alkyl halides is 2. The first-order chi connectivity index (χ1) is 11.3. The number of carbonyl (C=O) groups is 1. The molecule has 0 aliphatic carbocycles. The molecule has 0 bridgehead atoms. The van der Waals surface area contributed by atoms with Gasteiger partial charge in [0.25, 0.3) is 0 Å². The normalized spacial score (nSPS) is 14.3. The molecule has 1 aliphatic heterocycles. The van der Waals surface area contributed by atoms with Gasteiger partial charge >= 0.3 is 6.29 Å². The Kier molecular flexibility index (Phi) is 4.31. The molecule has 0 aromatic heterocycles. The minimum atomic E-state index is -3.66. The van der Waals surface area contributed by atoms with E-state index in [2.05, 4.69) is 36.0 Å². The molecule has 5 nitrogen and oxygen atoms in total. The van der Waals surface area contributed by atoms with Gasteiger partial charge in [0, 0.05) is 16.2 Å². The average molecular weight is 399 g/mol. The number of fused-ring (bicyclic) bond motifs is 1. The number of rotatable bonds is 4. The molecule has 0 saturated carbocycles. The van der Waals surface area contributed by atoms with Gasteiger partial charge in [-0.05, 0) is 52.7 Å². The van der Waals surface area contributed by atoms with Gasteiger partial charge in [0.1, 0.15) is 0 Å². The zero-order valence-corrected chi connectivity index (χ0v) is 14.1. The van der Waals surface area contributed by atoms with Crippen LogP contribution in [-0.2, 0) is 4.79 Å². The summed E-state index contributed by atoms with van der Waals surface area (Å²) in [6.07, 6.45) is -3.66. The zero-order chi connectivity index (χ0) is 17.3. The molecule has 8 heteroatoms. The number of amides is 1. The lowest BCUT2D eigenvalue weighted by Gasteiger charge is -2.10. The van der Waals surface area contributed by atoms with Crippen LogP contribution in [0.3, 0.4) is 0 Å². The van der Waals surface area contributed by atoms with E-state index in [1.54, 1.807) is 6.07 Å². The van der Waals surface area contributed by atoms with Crippen molar-refractivity contribution in [3.05, 3.63) is 46.4 Å². The van der Waals surface area contributed by atoms with Crippen molar-refractivity contribution >= 4 is 33.2 Å². The summed E-state index contributed by atoms with van der Waals surface area (Å²) in [5.41, 5.74) is 2.18. The zero-order valence-electron chi connectivity index (χ0n) is 12.5. The van der Waals surface area contributed by atoms with Gasteiger partial charge in [-0.15, -0.1) is 8.78 Å². The minimum Gasteiger partial charge on any atom is -0.395 e. The lowest BCUT2D eigenvalue weighted by Crippen LogP contribution is -2.25. The molecule has 0 saturated heterocycles. The van der Waals surface area contributed by atoms with E-state index in [9.17, 15) is 13.6 Å². The van der Waals surface area contributed by atoms with Crippen molar-refractivity contribution in [2.24, 2.45) is 0 Å². The van der Waals surface area contributed by atoms with Crippen LogP contribution in [0.25, 0.3) is 0 Å². The van der Waals surface area contributed by atoms with Crippen LogP contribution in [0.2, 0.25) is 0 Å². The SMILES string of the molecule is Cc1ccc(NC(=O)CNc2ccc3c(c2)OC(F)(F)O3)c(Br)c1. The number of nitrogens with one attached hydrogen (secondary N) is 2. The molecule has 2 N–H and O–H groups in total. The van der Waals surface area contributed by atoms with E-state index in [4.69, 9.17) is 0 Å². The molecule has 3 rings (SSSR count). The van der Waals surface area contributed by atoms with E-state index in [0.29, 0.717) is 11.4 Å². The first kappa shape index (κ1) is 16.5. The number of anilines is 2. The smallest absolute Gasteiger partial charge is 0.395 e. The monoisotopic (exact) mass is 398 g/mol. The Labute approximate surface area is 145 Å². The van der Waals surface area contributed by atoms with Crippen LogP contribution in [0.15, 0.2) is 40.9 Å². The Morgan fingerprint density at radius 1 is 1.17 bits per heavy atom. The summed E-state index contributed by atoms with van der Waals surface area (Å²) < 4.78 is 35.4. The van der Waals surface area contributed by atoms with Gasteiger partial charge < -0.3 is 20.1 Å². The fraction of sp³-hybridized carbons (Fsp3) is 0.188. The highest BCUT2D eigenvalue weighted by Crippen LogP contribution is 2.42. The lowest BCUT2D eigenvalue weighted by molar-refractivity contribution is -0.286. The third-order valence-corrected chi connectivity index (χ3v) is 3.91. The van der Waals surface area contributed by atoms with E-state index in [-0.39, 0.29) is 24.0 Å².